The fraction of sp³-hybridized carbons (Fsp3) is 0.500. The van der Waals surface area contributed by atoms with E-state index in [1.165, 1.54) is 5.56 Å². The third-order valence-corrected chi connectivity index (χ3v) is 4.10. The van der Waals surface area contributed by atoms with E-state index in [0.29, 0.717) is 0 Å². The molecule has 3 heteroatoms. The van der Waals surface area contributed by atoms with Gasteiger partial charge in [-0.05, 0) is 37.8 Å². The van der Waals surface area contributed by atoms with Crippen LogP contribution in [-0.2, 0) is 5.54 Å². The van der Waals surface area contributed by atoms with Gasteiger partial charge in [-0.25, -0.2) is 0 Å². The molecule has 1 aromatic rings. The van der Waals surface area contributed by atoms with Crippen molar-refractivity contribution in [3.8, 4) is 5.75 Å². The summed E-state index contributed by atoms with van der Waals surface area (Å²) in [5, 5.41) is 0. The predicted molar refractivity (Wildman–Crippen MR) is 65.3 cm³/mol. The van der Waals surface area contributed by atoms with Crippen molar-refractivity contribution in [3.63, 3.8) is 0 Å². The molecule has 2 nitrogen and oxygen atoms in total. The van der Waals surface area contributed by atoms with Gasteiger partial charge in [-0.2, -0.15) is 0 Å². The molecule has 1 aliphatic carbocycles. The van der Waals surface area contributed by atoms with Gasteiger partial charge in [0, 0.05) is 15.6 Å². The van der Waals surface area contributed by atoms with Crippen molar-refractivity contribution in [3.05, 3.63) is 27.2 Å². The molecule has 0 radical (unpaired) electrons. The molecule has 2 rings (SSSR count). The molecule has 15 heavy (non-hydrogen) atoms. The standard InChI is InChI=1S/C12H16BrNO/c1-7-6-8(2)11(15-3)9(10(7)13)12(14)4-5-12/h6H,4-5,14H2,1-3H3. The Morgan fingerprint density at radius 3 is 2.40 bits per heavy atom. The summed E-state index contributed by atoms with van der Waals surface area (Å²) >= 11 is 3.62. The summed E-state index contributed by atoms with van der Waals surface area (Å²) in [6.45, 7) is 4.15. The molecule has 0 heterocycles. The first kappa shape index (κ1) is 11.0. The van der Waals surface area contributed by atoms with Crippen LogP contribution in [0.15, 0.2) is 10.5 Å². The van der Waals surface area contributed by atoms with E-state index < -0.39 is 0 Å². The number of aryl methyl sites for hydroxylation is 2. The Morgan fingerprint density at radius 1 is 1.33 bits per heavy atom. The Bertz CT molecular complexity index is 411. The van der Waals surface area contributed by atoms with Crippen LogP contribution in [0.1, 0.15) is 29.5 Å². The summed E-state index contributed by atoms with van der Waals surface area (Å²) in [7, 11) is 1.71. The first-order valence-corrected chi connectivity index (χ1v) is 5.92. The number of methoxy groups -OCH3 is 1. The second-order valence-corrected chi connectivity index (χ2v) is 5.18. The second-order valence-electron chi connectivity index (χ2n) is 4.39. The molecule has 1 fully saturated rings. The van der Waals surface area contributed by atoms with Crippen molar-refractivity contribution in [2.75, 3.05) is 7.11 Å². The Balaban J connectivity index is 2.68. The lowest BCUT2D eigenvalue weighted by molar-refractivity contribution is 0.400. The van der Waals surface area contributed by atoms with Gasteiger partial charge in [-0.1, -0.05) is 22.0 Å². The van der Waals surface area contributed by atoms with E-state index in [1.54, 1.807) is 7.11 Å². The van der Waals surface area contributed by atoms with Crippen LogP contribution >= 0.6 is 15.9 Å². The Morgan fingerprint density at radius 2 is 1.93 bits per heavy atom. The van der Waals surface area contributed by atoms with E-state index in [0.717, 1.165) is 34.2 Å². The van der Waals surface area contributed by atoms with Crippen molar-refractivity contribution in [2.24, 2.45) is 5.73 Å². The molecule has 1 saturated carbocycles. The van der Waals surface area contributed by atoms with E-state index >= 15 is 0 Å². The van der Waals surface area contributed by atoms with Gasteiger partial charge in [0.15, 0.2) is 0 Å². The monoisotopic (exact) mass is 269 g/mol. The van der Waals surface area contributed by atoms with Crippen LogP contribution in [0.5, 0.6) is 5.75 Å². The number of hydrogen-bond acceptors (Lipinski definition) is 2. The minimum Gasteiger partial charge on any atom is -0.496 e. The molecule has 0 saturated heterocycles. The highest BCUT2D eigenvalue weighted by atomic mass is 79.9. The smallest absolute Gasteiger partial charge is 0.127 e. The van der Waals surface area contributed by atoms with Crippen molar-refractivity contribution in [1.29, 1.82) is 0 Å². The third kappa shape index (κ3) is 1.68. The number of ether oxygens (including phenoxy) is 1. The van der Waals surface area contributed by atoms with Crippen molar-refractivity contribution in [2.45, 2.75) is 32.2 Å². The average Bonchev–Trinajstić information content (AvgIpc) is 2.90. The minimum absolute atomic E-state index is 0.166. The number of halogens is 1. The summed E-state index contributed by atoms with van der Waals surface area (Å²) in [5.74, 6) is 0.937. The molecule has 1 aliphatic rings. The molecule has 82 valence electrons. The second kappa shape index (κ2) is 3.49. The van der Waals surface area contributed by atoms with Crippen LogP contribution in [0.3, 0.4) is 0 Å². The summed E-state index contributed by atoms with van der Waals surface area (Å²) in [6, 6.07) is 2.12. The maximum atomic E-state index is 6.27. The Hall–Kier alpha value is -0.540. The molecule has 0 bridgehead atoms. The number of nitrogens with two attached hydrogens (primary N) is 1. The van der Waals surface area contributed by atoms with E-state index in [9.17, 15) is 0 Å². The van der Waals surface area contributed by atoms with Crippen LogP contribution in [0.2, 0.25) is 0 Å². The quantitative estimate of drug-likeness (QED) is 0.896. The van der Waals surface area contributed by atoms with E-state index in [-0.39, 0.29) is 5.54 Å². The normalized spacial score (nSPS) is 17.7. The first-order valence-electron chi connectivity index (χ1n) is 5.12. The zero-order valence-corrected chi connectivity index (χ0v) is 10.9. The maximum Gasteiger partial charge on any atom is 0.127 e. The third-order valence-electron chi connectivity index (χ3n) is 3.07. The molecular formula is C12H16BrNO. The highest BCUT2D eigenvalue weighted by Gasteiger charge is 2.44. The number of hydrogen-bond donors (Lipinski definition) is 1. The molecule has 0 aliphatic heterocycles. The van der Waals surface area contributed by atoms with Gasteiger partial charge in [0.2, 0.25) is 0 Å². The van der Waals surface area contributed by atoms with Crippen LogP contribution in [0.4, 0.5) is 0 Å². The maximum absolute atomic E-state index is 6.27. The van der Waals surface area contributed by atoms with Gasteiger partial charge < -0.3 is 10.5 Å². The lowest BCUT2D eigenvalue weighted by atomic mass is 9.98. The van der Waals surface area contributed by atoms with E-state index in [4.69, 9.17) is 10.5 Å². The minimum atomic E-state index is -0.166. The molecular weight excluding hydrogens is 254 g/mol. The average molecular weight is 270 g/mol. The highest BCUT2D eigenvalue weighted by Crippen LogP contribution is 2.51. The molecule has 0 amide bonds. The first-order chi connectivity index (χ1) is 6.99. The molecule has 2 N–H and O–H groups in total. The highest BCUT2D eigenvalue weighted by molar-refractivity contribution is 9.10. The van der Waals surface area contributed by atoms with Crippen molar-refractivity contribution < 1.29 is 4.74 Å². The van der Waals surface area contributed by atoms with Gasteiger partial charge >= 0.3 is 0 Å². The van der Waals surface area contributed by atoms with Crippen molar-refractivity contribution >= 4 is 15.9 Å². The number of rotatable bonds is 2. The van der Waals surface area contributed by atoms with Gasteiger partial charge in [0.05, 0.1) is 7.11 Å². The topological polar surface area (TPSA) is 35.2 Å². The largest absolute Gasteiger partial charge is 0.496 e. The predicted octanol–water partition coefficient (Wildman–Crippen LogP) is 3.02. The molecule has 0 aromatic heterocycles. The van der Waals surface area contributed by atoms with Crippen LogP contribution in [0.25, 0.3) is 0 Å². The van der Waals surface area contributed by atoms with E-state index in [1.807, 2.05) is 0 Å². The van der Waals surface area contributed by atoms with E-state index in [2.05, 4.69) is 35.8 Å². The van der Waals surface area contributed by atoms with Crippen molar-refractivity contribution in [1.82, 2.24) is 0 Å². The van der Waals surface area contributed by atoms with Gasteiger partial charge in [-0.3, -0.25) is 0 Å². The zero-order chi connectivity index (χ0) is 11.2. The zero-order valence-electron chi connectivity index (χ0n) is 9.36. The molecule has 0 unspecified atom stereocenters. The lowest BCUT2D eigenvalue weighted by Gasteiger charge is -2.20. The summed E-state index contributed by atoms with van der Waals surface area (Å²) in [5.41, 5.74) is 9.63. The summed E-state index contributed by atoms with van der Waals surface area (Å²) in [4.78, 5) is 0. The number of benzene rings is 1. The fourth-order valence-corrected chi connectivity index (χ4v) is 2.73. The molecule has 1 aromatic carbocycles. The summed E-state index contributed by atoms with van der Waals surface area (Å²) < 4.78 is 6.57. The Labute approximate surface area is 98.9 Å². The lowest BCUT2D eigenvalue weighted by Crippen LogP contribution is -2.21. The van der Waals surface area contributed by atoms with Gasteiger partial charge in [-0.15, -0.1) is 0 Å². The Kier molecular flexibility index (Phi) is 2.55. The molecule has 0 atom stereocenters. The summed E-state index contributed by atoms with van der Waals surface area (Å²) in [6.07, 6.45) is 2.09. The fourth-order valence-electron chi connectivity index (χ4n) is 2.04. The van der Waals surface area contributed by atoms with Crippen LogP contribution < -0.4 is 10.5 Å². The van der Waals surface area contributed by atoms with Gasteiger partial charge in [0.25, 0.3) is 0 Å². The van der Waals surface area contributed by atoms with Crippen LogP contribution in [-0.4, -0.2) is 7.11 Å². The van der Waals surface area contributed by atoms with Crippen LogP contribution in [0, 0.1) is 13.8 Å². The van der Waals surface area contributed by atoms with Gasteiger partial charge in [0.1, 0.15) is 5.75 Å². The SMILES string of the molecule is COc1c(C)cc(C)c(Br)c1C1(N)CC1. The molecule has 0 spiro atoms.